The molecule has 2 N–H and O–H groups in total. The molecule has 0 amide bonds. The van der Waals surface area contributed by atoms with E-state index < -0.39 is 10.0 Å². The molecule has 7 heteroatoms. The lowest BCUT2D eigenvalue weighted by Gasteiger charge is -2.13. The molecule has 162 valence electrons. The van der Waals surface area contributed by atoms with E-state index in [-0.39, 0.29) is 11.4 Å². The molecule has 0 spiro atoms. The van der Waals surface area contributed by atoms with E-state index in [1.807, 2.05) is 56.3 Å². The Labute approximate surface area is 182 Å². The summed E-state index contributed by atoms with van der Waals surface area (Å²) >= 11 is 0. The SMILES string of the molecule is CCOc1ccc(S(=O)(=O)NCCc2c(C)[nH]c3ccc(OC)cc23)c2ccccc12. The number of hydrogen-bond acceptors (Lipinski definition) is 4. The normalized spacial score (nSPS) is 11.8. The summed E-state index contributed by atoms with van der Waals surface area (Å²) < 4.78 is 40.0. The van der Waals surface area contributed by atoms with Gasteiger partial charge in [0.25, 0.3) is 0 Å². The van der Waals surface area contributed by atoms with Crippen LogP contribution in [0.25, 0.3) is 21.7 Å². The Kier molecular flexibility index (Phi) is 5.89. The summed E-state index contributed by atoms with van der Waals surface area (Å²) in [6.07, 6.45) is 0.563. The van der Waals surface area contributed by atoms with Crippen molar-refractivity contribution in [2.45, 2.75) is 25.2 Å². The molecule has 0 aliphatic carbocycles. The van der Waals surface area contributed by atoms with Crippen LogP contribution in [0.15, 0.2) is 59.5 Å². The third-order valence-electron chi connectivity index (χ3n) is 5.43. The maximum Gasteiger partial charge on any atom is 0.241 e. The van der Waals surface area contributed by atoms with E-state index >= 15 is 0 Å². The molecule has 0 saturated heterocycles. The highest BCUT2D eigenvalue weighted by molar-refractivity contribution is 7.89. The van der Waals surface area contributed by atoms with Gasteiger partial charge in [-0.1, -0.05) is 24.3 Å². The van der Waals surface area contributed by atoms with E-state index in [2.05, 4.69) is 9.71 Å². The van der Waals surface area contributed by atoms with Gasteiger partial charge in [-0.25, -0.2) is 13.1 Å². The van der Waals surface area contributed by atoms with Gasteiger partial charge < -0.3 is 14.5 Å². The molecule has 6 nitrogen and oxygen atoms in total. The molecule has 1 heterocycles. The van der Waals surface area contributed by atoms with Gasteiger partial charge in [0.2, 0.25) is 10.0 Å². The number of rotatable bonds is 8. The topological polar surface area (TPSA) is 80.4 Å². The van der Waals surface area contributed by atoms with Crippen LogP contribution in [0.2, 0.25) is 0 Å². The first-order valence-electron chi connectivity index (χ1n) is 10.2. The van der Waals surface area contributed by atoms with Crippen LogP contribution >= 0.6 is 0 Å². The zero-order valence-corrected chi connectivity index (χ0v) is 18.7. The number of H-pyrrole nitrogens is 1. The number of methoxy groups -OCH3 is 1. The summed E-state index contributed by atoms with van der Waals surface area (Å²) in [4.78, 5) is 3.61. The van der Waals surface area contributed by atoms with Crippen molar-refractivity contribution in [2.75, 3.05) is 20.3 Å². The molecule has 31 heavy (non-hydrogen) atoms. The Morgan fingerprint density at radius 2 is 1.77 bits per heavy atom. The number of sulfonamides is 1. The van der Waals surface area contributed by atoms with Crippen molar-refractivity contribution in [3.05, 3.63) is 65.9 Å². The fourth-order valence-corrected chi connectivity index (χ4v) is 5.20. The Morgan fingerprint density at radius 3 is 2.52 bits per heavy atom. The lowest BCUT2D eigenvalue weighted by atomic mass is 10.1. The predicted molar refractivity (Wildman–Crippen MR) is 124 cm³/mol. The van der Waals surface area contributed by atoms with E-state index in [4.69, 9.17) is 9.47 Å². The van der Waals surface area contributed by atoms with Crippen LogP contribution in [0.4, 0.5) is 0 Å². The number of aromatic amines is 1. The van der Waals surface area contributed by atoms with Gasteiger partial charge >= 0.3 is 0 Å². The molecule has 0 unspecified atom stereocenters. The van der Waals surface area contributed by atoms with E-state index in [0.717, 1.165) is 33.3 Å². The number of hydrogen-bond donors (Lipinski definition) is 2. The van der Waals surface area contributed by atoms with Crippen molar-refractivity contribution in [2.24, 2.45) is 0 Å². The van der Waals surface area contributed by atoms with Crippen LogP contribution in [0, 0.1) is 6.92 Å². The Hall–Kier alpha value is -3.03. The Bertz CT molecular complexity index is 1340. The number of aromatic nitrogens is 1. The van der Waals surface area contributed by atoms with Gasteiger partial charge in [0, 0.05) is 33.9 Å². The van der Waals surface area contributed by atoms with Crippen LogP contribution in [0.3, 0.4) is 0 Å². The van der Waals surface area contributed by atoms with Crippen LogP contribution in [-0.2, 0) is 16.4 Å². The smallest absolute Gasteiger partial charge is 0.241 e. The second-order valence-corrected chi connectivity index (χ2v) is 9.06. The van der Waals surface area contributed by atoms with E-state index in [0.29, 0.717) is 24.2 Å². The minimum Gasteiger partial charge on any atom is -0.497 e. The van der Waals surface area contributed by atoms with Crippen LogP contribution in [0.1, 0.15) is 18.2 Å². The molecule has 0 radical (unpaired) electrons. The molecule has 0 saturated carbocycles. The largest absolute Gasteiger partial charge is 0.497 e. The van der Waals surface area contributed by atoms with Crippen molar-refractivity contribution in [1.82, 2.24) is 9.71 Å². The fourth-order valence-electron chi connectivity index (χ4n) is 3.96. The third-order valence-corrected chi connectivity index (χ3v) is 6.95. The molecule has 3 aromatic carbocycles. The van der Waals surface area contributed by atoms with Crippen molar-refractivity contribution in [3.8, 4) is 11.5 Å². The first-order valence-corrected chi connectivity index (χ1v) is 11.7. The summed E-state index contributed by atoms with van der Waals surface area (Å²) in [6, 6.07) is 16.6. The quantitative estimate of drug-likeness (QED) is 0.423. The molecule has 4 aromatic rings. The molecule has 0 atom stereocenters. The van der Waals surface area contributed by atoms with Gasteiger partial charge in [0.05, 0.1) is 18.6 Å². The van der Waals surface area contributed by atoms with Crippen molar-refractivity contribution in [1.29, 1.82) is 0 Å². The highest BCUT2D eigenvalue weighted by atomic mass is 32.2. The second kappa shape index (κ2) is 8.61. The van der Waals surface area contributed by atoms with Crippen molar-refractivity contribution >= 4 is 31.7 Å². The minimum absolute atomic E-state index is 0.254. The maximum atomic E-state index is 13.1. The maximum absolute atomic E-state index is 13.1. The van der Waals surface area contributed by atoms with E-state index in [1.54, 1.807) is 19.2 Å². The highest BCUT2D eigenvalue weighted by Gasteiger charge is 2.19. The van der Waals surface area contributed by atoms with E-state index in [9.17, 15) is 8.42 Å². The number of benzene rings is 3. The zero-order valence-electron chi connectivity index (χ0n) is 17.9. The Morgan fingerprint density at radius 1 is 1.00 bits per heavy atom. The molecule has 1 aromatic heterocycles. The average Bonchev–Trinajstić information content (AvgIpc) is 3.08. The van der Waals surface area contributed by atoms with Gasteiger partial charge in [-0.2, -0.15) is 0 Å². The van der Waals surface area contributed by atoms with Gasteiger partial charge in [-0.15, -0.1) is 0 Å². The van der Waals surface area contributed by atoms with Crippen molar-refractivity contribution < 1.29 is 17.9 Å². The van der Waals surface area contributed by atoms with Crippen LogP contribution < -0.4 is 14.2 Å². The second-order valence-electron chi connectivity index (χ2n) is 7.33. The standard InChI is InChI=1S/C24H26N2O4S/c1-4-30-23-11-12-24(20-8-6-5-7-19(20)23)31(27,28)25-14-13-18-16(2)26-22-10-9-17(29-3)15-21(18)22/h5-12,15,25-26H,4,13-14H2,1-3H3. The molecule has 0 bridgehead atoms. The van der Waals surface area contributed by atoms with Crippen LogP contribution in [-0.4, -0.2) is 33.7 Å². The highest BCUT2D eigenvalue weighted by Crippen LogP contribution is 2.31. The molecule has 4 rings (SSSR count). The van der Waals surface area contributed by atoms with Gasteiger partial charge in [0.15, 0.2) is 0 Å². The zero-order chi connectivity index (χ0) is 22.0. The Balaban J connectivity index is 1.59. The summed E-state index contributed by atoms with van der Waals surface area (Å²) in [7, 11) is -2.06. The fraction of sp³-hybridized carbons (Fsp3) is 0.250. The van der Waals surface area contributed by atoms with Gasteiger partial charge in [-0.05, 0) is 56.2 Å². The lowest BCUT2D eigenvalue weighted by Crippen LogP contribution is -2.26. The van der Waals surface area contributed by atoms with Gasteiger partial charge in [-0.3, -0.25) is 0 Å². The third kappa shape index (κ3) is 4.11. The first-order chi connectivity index (χ1) is 14.9. The summed E-state index contributed by atoms with van der Waals surface area (Å²) in [6.45, 7) is 4.71. The summed E-state index contributed by atoms with van der Waals surface area (Å²) in [5, 5.41) is 2.48. The first kappa shape index (κ1) is 21.2. The molecular formula is C24H26N2O4S. The minimum atomic E-state index is -3.69. The number of fused-ring (bicyclic) bond motifs is 2. The van der Waals surface area contributed by atoms with Crippen LogP contribution in [0.5, 0.6) is 11.5 Å². The number of aryl methyl sites for hydroxylation is 1. The molecular weight excluding hydrogens is 412 g/mol. The summed E-state index contributed by atoms with van der Waals surface area (Å²) in [5.41, 5.74) is 3.11. The predicted octanol–water partition coefficient (Wildman–Crippen LogP) is 4.56. The number of nitrogens with one attached hydrogen (secondary N) is 2. The summed E-state index contributed by atoms with van der Waals surface area (Å²) in [5.74, 6) is 1.45. The van der Waals surface area contributed by atoms with Crippen molar-refractivity contribution in [3.63, 3.8) is 0 Å². The number of ether oxygens (including phenoxy) is 2. The van der Waals surface area contributed by atoms with E-state index in [1.165, 1.54) is 0 Å². The van der Waals surface area contributed by atoms with Gasteiger partial charge in [0.1, 0.15) is 11.5 Å². The molecule has 0 aliphatic heterocycles. The lowest BCUT2D eigenvalue weighted by molar-refractivity contribution is 0.344. The molecule has 0 fully saturated rings. The molecule has 0 aliphatic rings. The monoisotopic (exact) mass is 438 g/mol. The average molecular weight is 439 g/mol.